The van der Waals surface area contributed by atoms with Crippen molar-refractivity contribution < 1.29 is 23.5 Å². The third kappa shape index (κ3) is 2.86. The summed E-state index contributed by atoms with van der Waals surface area (Å²) < 4.78 is 27.9. The molecule has 0 unspecified atom stereocenters. The molecule has 24 heavy (non-hydrogen) atoms. The van der Waals surface area contributed by atoms with Gasteiger partial charge in [-0.25, -0.2) is 13.5 Å². The fraction of sp³-hybridized carbons (Fsp3) is 0.312. The fourth-order valence-corrected chi connectivity index (χ4v) is 2.86. The zero-order valence-corrected chi connectivity index (χ0v) is 12.8. The molecular formula is C16H15F2N3O3. The number of halogens is 2. The molecule has 3 rings (SSSR count). The smallest absolute Gasteiger partial charge is 0.308 e. The second kappa shape index (κ2) is 6.03. The lowest BCUT2D eigenvalue weighted by molar-refractivity contribution is -0.142. The van der Waals surface area contributed by atoms with Crippen LogP contribution < -0.4 is 0 Å². The number of amides is 1. The molecule has 0 spiro atoms. The standard InChI is InChI=1S/C16H15F2N3O3/c1-9-7-20(8-11(9)16(23)24)15(22)13-4-5-21(19-13)14-3-2-10(17)6-12(14)18/h2-6,9,11H,7-8H2,1H3,(H,23,24)/t9-,11-/m1/s1. The van der Waals surface area contributed by atoms with Gasteiger partial charge in [-0.05, 0) is 24.1 Å². The first kappa shape index (κ1) is 16.1. The van der Waals surface area contributed by atoms with Gasteiger partial charge in [0.1, 0.15) is 11.5 Å². The molecule has 2 aromatic rings. The number of carboxylic acid groups (broad SMARTS) is 1. The summed E-state index contributed by atoms with van der Waals surface area (Å²) in [5.41, 5.74) is 0.102. The highest BCUT2D eigenvalue weighted by molar-refractivity contribution is 5.93. The quantitative estimate of drug-likeness (QED) is 0.930. The van der Waals surface area contributed by atoms with Gasteiger partial charge in [-0.15, -0.1) is 0 Å². The van der Waals surface area contributed by atoms with Crippen LogP contribution in [0.1, 0.15) is 17.4 Å². The van der Waals surface area contributed by atoms with Crippen LogP contribution in [0.15, 0.2) is 30.5 Å². The second-order valence-electron chi connectivity index (χ2n) is 5.87. The molecule has 6 nitrogen and oxygen atoms in total. The van der Waals surface area contributed by atoms with Crippen LogP contribution in [-0.4, -0.2) is 44.8 Å². The van der Waals surface area contributed by atoms with Gasteiger partial charge in [-0.1, -0.05) is 6.92 Å². The molecule has 1 N–H and O–H groups in total. The largest absolute Gasteiger partial charge is 0.481 e. The van der Waals surface area contributed by atoms with E-state index in [2.05, 4.69) is 5.10 Å². The minimum absolute atomic E-state index is 0.0219. The van der Waals surface area contributed by atoms with Crippen LogP contribution in [-0.2, 0) is 4.79 Å². The molecule has 0 bridgehead atoms. The van der Waals surface area contributed by atoms with Gasteiger partial charge in [-0.3, -0.25) is 9.59 Å². The first-order valence-corrected chi connectivity index (χ1v) is 7.40. The van der Waals surface area contributed by atoms with Crippen LogP contribution in [0.3, 0.4) is 0 Å². The zero-order chi connectivity index (χ0) is 17.4. The fourth-order valence-electron chi connectivity index (χ4n) is 2.86. The normalized spacial score (nSPS) is 20.4. The van der Waals surface area contributed by atoms with E-state index < -0.39 is 29.4 Å². The van der Waals surface area contributed by atoms with Crippen molar-refractivity contribution in [1.82, 2.24) is 14.7 Å². The van der Waals surface area contributed by atoms with E-state index in [4.69, 9.17) is 5.11 Å². The van der Waals surface area contributed by atoms with E-state index in [0.29, 0.717) is 6.54 Å². The summed E-state index contributed by atoms with van der Waals surface area (Å²) in [7, 11) is 0. The van der Waals surface area contributed by atoms with Gasteiger partial charge in [0.15, 0.2) is 11.5 Å². The van der Waals surface area contributed by atoms with Gasteiger partial charge in [-0.2, -0.15) is 5.10 Å². The SMILES string of the molecule is C[C@@H]1CN(C(=O)c2ccn(-c3ccc(F)cc3F)n2)C[C@H]1C(=O)O. The molecule has 1 amide bonds. The maximum atomic E-state index is 13.8. The van der Waals surface area contributed by atoms with Crippen molar-refractivity contribution >= 4 is 11.9 Å². The van der Waals surface area contributed by atoms with Gasteiger partial charge in [0.05, 0.1) is 5.92 Å². The minimum Gasteiger partial charge on any atom is -0.481 e. The Bertz CT molecular complexity index is 806. The van der Waals surface area contributed by atoms with Crippen molar-refractivity contribution in [2.45, 2.75) is 6.92 Å². The molecule has 1 aliphatic rings. The van der Waals surface area contributed by atoms with Crippen molar-refractivity contribution in [3.63, 3.8) is 0 Å². The van der Waals surface area contributed by atoms with E-state index in [1.807, 2.05) is 0 Å². The van der Waals surface area contributed by atoms with Crippen LogP contribution in [0.5, 0.6) is 0 Å². The summed E-state index contributed by atoms with van der Waals surface area (Å²) in [6, 6.07) is 4.48. The number of carboxylic acids is 1. The topological polar surface area (TPSA) is 75.4 Å². The molecule has 1 saturated heterocycles. The van der Waals surface area contributed by atoms with E-state index >= 15 is 0 Å². The monoisotopic (exact) mass is 335 g/mol. The average molecular weight is 335 g/mol. The van der Waals surface area contributed by atoms with Crippen LogP contribution in [0.25, 0.3) is 5.69 Å². The Morgan fingerprint density at radius 1 is 1.25 bits per heavy atom. The van der Waals surface area contributed by atoms with Gasteiger partial charge >= 0.3 is 5.97 Å². The lowest BCUT2D eigenvalue weighted by Gasteiger charge is -2.14. The molecule has 0 aliphatic carbocycles. The zero-order valence-electron chi connectivity index (χ0n) is 12.8. The Balaban J connectivity index is 1.81. The molecule has 1 aromatic heterocycles. The van der Waals surface area contributed by atoms with Crippen LogP contribution in [0, 0.1) is 23.5 Å². The number of benzene rings is 1. The second-order valence-corrected chi connectivity index (χ2v) is 5.87. The molecule has 2 heterocycles. The van der Waals surface area contributed by atoms with E-state index in [0.717, 1.165) is 16.8 Å². The summed E-state index contributed by atoms with van der Waals surface area (Å²) in [5, 5.41) is 13.2. The number of hydrogen-bond donors (Lipinski definition) is 1. The first-order valence-electron chi connectivity index (χ1n) is 7.40. The van der Waals surface area contributed by atoms with Gasteiger partial charge in [0.2, 0.25) is 0 Å². The first-order chi connectivity index (χ1) is 11.4. The number of aliphatic carboxylic acids is 1. The summed E-state index contributed by atoms with van der Waals surface area (Å²) in [6.45, 7) is 2.22. The molecule has 0 saturated carbocycles. The van der Waals surface area contributed by atoms with E-state index in [1.54, 1.807) is 6.92 Å². The number of nitrogens with zero attached hydrogens (tertiary/aromatic N) is 3. The number of rotatable bonds is 3. The van der Waals surface area contributed by atoms with Crippen molar-refractivity contribution in [3.05, 3.63) is 47.8 Å². The van der Waals surface area contributed by atoms with Crippen molar-refractivity contribution in [2.75, 3.05) is 13.1 Å². The van der Waals surface area contributed by atoms with Crippen molar-refractivity contribution in [1.29, 1.82) is 0 Å². The maximum absolute atomic E-state index is 13.8. The predicted octanol–water partition coefficient (Wildman–Crippen LogP) is 1.94. The highest BCUT2D eigenvalue weighted by atomic mass is 19.1. The molecular weight excluding hydrogens is 320 g/mol. The van der Waals surface area contributed by atoms with Crippen LogP contribution in [0.2, 0.25) is 0 Å². The maximum Gasteiger partial charge on any atom is 0.308 e. The van der Waals surface area contributed by atoms with Crippen molar-refractivity contribution in [3.8, 4) is 5.69 Å². The van der Waals surface area contributed by atoms with Crippen LogP contribution in [0.4, 0.5) is 8.78 Å². The third-order valence-electron chi connectivity index (χ3n) is 4.18. The number of aromatic nitrogens is 2. The lowest BCUT2D eigenvalue weighted by atomic mass is 9.99. The number of hydrogen-bond acceptors (Lipinski definition) is 3. The Hall–Kier alpha value is -2.77. The summed E-state index contributed by atoms with van der Waals surface area (Å²) in [4.78, 5) is 25.0. The molecule has 1 fully saturated rings. The lowest BCUT2D eigenvalue weighted by Crippen LogP contribution is -2.30. The highest BCUT2D eigenvalue weighted by Gasteiger charge is 2.37. The van der Waals surface area contributed by atoms with Crippen molar-refractivity contribution in [2.24, 2.45) is 11.8 Å². The Morgan fingerprint density at radius 3 is 2.62 bits per heavy atom. The van der Waals surface area contributed by atoms with E-state index in [-0.39, 0.29) is 23.8 Å². The summed E-state index contributed by atoms with van der Waals surface area (Å²) in [6.07, 6.45) is 1.40. The molecule has 2 atom stereocenters. The number of likely N-dealkylation sites (tertiary alicyclic amines) is 1. The van der Waals surface area contributed by atoms with Crippen LogP contribution >= 0.6 is 0 Å². The Labute approximate surface area is 136 Å². The number of carbonyl (C=O) groups excluding carboxylic acids is 1. The van der Waals surface area contributed by atoms with E-state index in [1.165, 1.54) is 23.2 Å². The minimum atomic E-state index is -0.934. The molecule has 0 radical (unpaired) electrons. The highest BCUT2D eigenvalue weighted by Crippen LogP contribution is 2.24. The average Bonchev–Trinajstić information content (AvgIpc) is 3.13. The molecule has 126 valence electrons. The van der Waals surface area contributed by atoms with E-state index in [9.17, 15) is 18.4 Å². The third-order valence-corrected chi connectivity index (χ3v) is 4.18. The molecule has 8 heteroatoms. The van der Waals surface area contributed by atoms with Gasteiger partial charge in [0.25, 0.3) is 5.91 Å². The summed E-state index contributed by atoms with van der Waals surface area (Å²) in [5.74, 6) is -3.60. The summed E-state index contributed by atoms with van der Waals surface area (Å²) >= 11 is 0. The molecule has 1 aliphatic heterocycles. The van der Waals surface area contributed by atoms with Gasteiger partial charge in [0, 0.05) is 25.4 Å². The number of carbonyl (C=O) groups is 2. The molecule has 1 aromatic carbocycles. The Morgan fingerprint density at radius 2 is 2.00 bits per heavy atom. The van der Waals surface area contributed by atoms with Gasteiger partial charge < -0.3 is 10.0 Å². The predicted molar refractivity (Wildman–Crippen MR) is 79.7 cm³/mol. The Kier molecular flexibility index (Phi) is 4.04.